The number of aromatic nitrogens is 4. The minimum Gasteiger partial charge on any atom is -0.275 e. The van der Waals surface area contributed by atoms with Gasteiger partial charge in [0.2, 0.25) is 0 Å². The molecule has 0 unspecified atom stereocenters. The zero-order valence-corrected chi connectivity index (χ0v) is 8.73. The zero-order valence-electron chi connectivity index (χ0n) is 8.73. The monoisotopic (exact) mass is 190 g/mol. The van der Waals surface area contributed by atoms with Crippen molar-refractivity contribution in [2.24, 2.45) is 7.05 Å². The fourth-order valence-electron chi connectivity index (χ4n) is 1.61. The van der Waals surface area contributed by atoms with Crippen LogP contribution < -0.4 is 0 Å². The van der Waals surface area contributed by atoms with Gasteiger partial charge in [-0.25, -0.2) is 0 Å². The van der Waals surface area contributed by atoms with Crippen molar-refractivity contribution in [1.82, 2.24) is 19.6 Å². The predicted octanol–water partition coefficient (Wildman–Crippen LogP) is 1.61. The van der Waals surface area contributed by atoms with Crippen molar-refractivity contribution in [1.29, 1.82) is 0 Å². The van der Waals surface area contributed by atoms with Crippen molar-refractivity contribution in [3.05, 3.63) is 24.3 Å². The zero-order chi connectivity index (χ0) is 10.1. The average Bonchev–Trinajstić information content (AvgIpc) is 2.72. The third-order valence-corrected chi connectivity index (χ3v) is 2.42. The molecular formula is C10H14N4. The Morgan fingerprint density at radius 1 is 1.29 bits per heavy atom. The summed E-state index contributed by atoms with van der Waals surface area (Å²) in [5, 5.41) is 8.45. The smallest absolute Gasteiger partial charge is 0.0572 e. The fraction of sp³-hybridized carbons (Fsp3) is 0.400. The summed E-state index contributed by atoms with van der Waals surface area (Å²) in [6.45, 7) is 5.08. The van der Waals surface area contributed by atoms with E-state index in [4.69, 9.17) is 0 Å². The molecule has 0 radical (unpaired) electrons. The lowest BCUT2D eigenvalue weighted by Gasteiger charge is -1.99. The van der Waals surface area contributed by atoms with Crippen molar-refractivity contribution in [2.45, 2.75) is 20.4 Å². The van der Waals surface area contributed by atoms with Crippen molar-refractivity contribution >= 4 is 0 Å². The first-order valence-corrected chi connectivity index (χ1v) is 4.73. The largest absolute Gasteiger partial charge is 0.275 e. The van der Waals surface area contributed by atoms with Crippen LogP contribution in [-0.2, 0) is 13.6 Å². The molecule has 14 heavy (non-hydrogen) atoms. The van der Waals surface area contributed by atoms with Crippen molar-refractivity contribution in [3.63, 3.8) is 0 Å². The molecule has 0 N–H and O–H groups in total. The molecule has 0 aliphatic carbocycles. The first-order valence-electron chi connectivity index (χ1n) is 4.73. The molecule has 0 amide bonds. The Balaban J connectivity index is 2.46. The van der Waals surface area contributed by atoms with Crippen LogP contribution >= 0.6 is 0 Å². The Morgan fingerprint density at radius 2 is 2.07 bits per heavy atom. The number of hydrogen-bond donors (Lipinski definition) is 0. The van der Waals surface area contributed by atoms with Gasteiger partial charge in [-0.15, -0.1) is 0 Å². The van der Waals surface area contributed by atoms with Gasteiger partial charge >= 0.3 is 0 Å². The molecule has 0 aromatic carbocycles. The van der Waals surface area contributed by atoms with Crippen LogP contribution in [0.25, 0.3) is 11.1 Å². The summed E-state index contributed by atoms with van der Waals surface area (Å²) in [6, 6.07) is 0. The molecule has 0 saturated heterocycles. The Morgan fingerprint density at radius 3 is 2.57 bits per heavy atom. The van der Waals surface area contributed by atoms with Gasteiger partial charge in [0.15, 0.2) is 0 Å². The summed E-state index contributed by atoms with van der Waals surface area (Å²) in [6.07, 6.45) is 5.77. The Bertz CT molecular complexity index is 439. The standard InChI is InChI=1S/C10H14N4/c1-4-14-8(2)10(6-12-14)9-5-11-13(3)7-9/h5-7H,4H2,1-3H3. The van der Waals surface area contributed by atoms with E-state index in [1.807, 2.05) is 30.3 Å². The highest BCUT2D eigenvalue weighted by Crippen LogP contribution is 2.21. The lowest BCUT2D eigenvalue weighted by Crippen LogP contribution is -1.98. The van der Waals surface area contributed by atoms with Crippen LogP contribution in [0.4, 0.5) is 0 Å². The Hall–Kier alpha value is -1.58. The van der Waals surface area contributed by atoms with Crippen LogP contribution in [0.1, 0.15) is 12.6 Å². The SMILES string of the molecule is CCn1ncc(-c2cnn(C)c2)c1C. The second-order valence-corrected chi connectivity index (χ2v) is 3.36. The molecule has 0 aliphatic heterocycles. The molecule has 2 aromatic rings. The Kier molecular flexibility index (Phi) is 2.11. The molecule has 2 heterocycles. The molecule has 0 spiro atoms. The molecule has 4 nitrogen and oxygen atoms in total. The summed E-state index contributed by atoms with van der Waals surface area (Å²) in [7, 11) is 1.92. The minimum absolute atomic E-state index is 0.909. The van der Waals surface area contributed by atoms with Gasteiger partial charge in [-0.05, 0) is 13.8 Å². The van der Waals surface area contributed by atoms with Gasteiger partial charge in [0.05, 0.1) is 12.4 Å². The average molecular weight is 190 g/mol. The van der Waals surface area contributed by atoms with E-state index in [-0.39, 0.29) is 0 Å². The molecular weight excluding hydrogens is 176 g/mol. The van der Waals surface area contributed by atoms with E-state index in [9.17, 15) is 0 Å². The fourth-order valence-corrected chi connectivity index (χ4v) is 1.61. The molecule has 2 aromatic heterocycles. The highest BCUT2D eigenvalue weighted by molar-refractivity contribution is 5.63. The summed E-state index contributed by atoms with van der Waals surface area (Å²) in [4.78, 5) is 0. The Labute approximate surface area is 83.2 Å². The lowest BCUT2D eigenvalue weighted by molar-refractivity contribution is 0.640. The van der Waals surface area contributed by atoms with Gasteiger partial charge in [0.25, 0.3) is 0 Å². The quantitative estimate of drug-likeness (QED) is 0.721. The van der Waals surface area contributed by atoms with Crippen molar-refractivity contribution < 1.29 is 0 Å². The molecule has 74 valence electrons. The van der Waals surface area contributed by atoms with Gasteiger partial charge in [0, 0.05) is 36.6 Å². The number of rotatable bonds is 2. The van der Waals surface area contributed by atoms with E-state index in [0.717, 1.165) is 12.1 Å². The highest BCUT2D eigenvalue weighted by Gasteiger charge is 2.08. The third-order valence-electron chi connectivity index (χ3n) is 2.42. The number of hydrogen-bond acceptors (Lipinski definition) is 2. The predicted molar refractivity (Wildman–Crippen MR) is 54.8 cm³/mol. The first-order chi connectivity index (χ1) is 6.72. The topological polar surface area (TPSA) is 35.6 Å². The van der Waals surface area contributed by atoms with Gasteiger partial charge in [-0.3, -0.25) is 9.36 Å². The molecule has 0 saturated carbocycles. The molecule has 0 bridgehead atoms. The maximum absolute atomic E-state index is 4.30. The maximum Gasteiger partial charge on any atom is 0.0572 e. The number of aryl methyl sites for hydroxylation is 2. The molecule has 2 rings (SSSR count). The van der Waals surface area contributed by atoms with Crippen LogP contribution in [0.5, 0.6) is 0 Å². The van der Waals surface area contributed by atoms with Gasteiger partial charge < -0.3 is 0 Å². The second-order valence-electron chi connectivity index (χ2n) is 3.36. The van der Waals surface area contributed by atoms with Gasteiger partial charge in [-0.2, -0.15) is 10.2 Å². The van der Waals surface area contributed by atoms with E-state index < -0.39 is 0 Å². The van der Waals surface area contributed by atoms with E-state index in [0.29, 0.717) is 0 Å². The van der Waals surface area contributed by atoms with E-state index in [1.54, 1.807) is 4.68 Å². The first kappa shape index (κ1) is 8.99. The summed E-state index contributed by atoms with van der Waals surface area (Å²) in [5.41, 5.74) is 3.49. The maximum atomic E-state index is 4.30. The van der Waals surface area contributed by atoms with E-state index in [1.165, 1.54) is 11.3 Å². The van der Waals surface area contributed by atoms with Gasteiger partial charge in [0.1, 0.15) is 0 Å². The third kappa shape index (κ3) is 1.32. The summed E-state index contributed by atoms with van der Waals surface area (Å²) >= 11 is 0. The normalized spacial score (nSPS) is 10.8. The summed E-state index contributed by atoms with van der Waals surface area (Å²) in [5.74, 6) is 0. The van der Waals surface area contributed by atoms with E-state index >= 15 is 0 Å². The van der Waals surface area contributed by atoms with Gasteiger partial charge in [-0.1, -0.05) is 0 Å². The highest BCUT2D eigenvalue weighted by atomic mass is 15.3. The number of nitrogens with zero attached hydrogens (tertiary/aromatic N) is 4. The van der Waals surface area contributed by atoms with Crippen LogP contribution in [0.3, 0.4) is 0 Å². The summed E-state index contributed by atoms with van der Waals surface area (Å²) < 4.78 is 3.79. The molecule has 4 heteroatoms. The molecule has 0 aliphatic rings. The van der Waals surface area contributed by atoms with Crippen LogP contribution in [0, 0.1) is 6.92 Å². The minimum atomic E-state index is 0.909. The molecule has 0 atom stereocenters. The van der Waals surface area contributed by atoms with E-state index in [2.05, 4.69) is 24.0 Å². The van der Waals surface area contributed by atoms with Crippen molar-refractivity contribution in [2.75, 3.05) is 0 Å². The molecule has 0 fully saturated rings. The lowest BCUT2D eigenvalue weighted by atomic mass is 10.1. The van der Waals surface area contributed by atoms with Crippen LogP contribution in [0.2, 0.25) is 0 Å². The van der Waals surface area contributed by atoms with Crippen LogP contribution in [-0.4, -0.2) is 19.6 Å². The van der Waals surface area contributed by atoms with Crippen molar-refractivity contribution in [3.8, 4) is 11.1 Å². The van der Waals surface area contributed by atoms with Crippen LogP contribution in [0.15, 0.2) is 18.6 Å². The second kappa shape index (κ2) is 3.29.